The fourth-order valence-corrected chi connectivity index (χ4v) is 1.91. The van der Waals surface area contributed by atoms with Gasteiger partial charge in [-0.1, -0.05) is 18.2 Å². The van der Waals surface area contributed by atoms with Gasteiger partial charge in [-0.05, 0) is 6.07 Å². The van der Waals surface area contributed by atoms with Gasteiger partial charge in [-0.15, -0.1) is 0 Å². The van der Waals surface area contributed by atoms with Crippen LogP contribution in [-0.4, -0.2) is 18.9 Å². The first kappa shape index (κ1) is 11.6. The van der Waals surface area contributed by atoms with Gasteiger partial charge in [0.25, 0.3) is 16.0 Å². The van der Waals surface area contributed by atoms with Gasteiger partial charge in [0.05, 0.1) is 0 Å². The second kappa shape index (κ2) is 3.95. The summed E-state index contributed by atoms with van der Waals surface area (Å²) in [5.74, 6) is -2.54. The molecule has 0 aromatic heterocycles. The molecule has 1 rings (SSSR count). The van der Waals surface area contributed by atoms with Gasteiger partial charge >= 0.3 is 0 Å². The molecule has 0 fully saturated rings. The minimum absolute atomic E-state index is 0.528. The largest absolute Gasteiger partial charge is 0.285 e. The molecular weight excluding hydrogens is 225 g/mol. The number of amides is 1. The number of nitrogens with one attached hydrogen (secondary N) is 1. The lowest BCUT2D eigenvalue weighted by molar-refractivity contribution is -0.118. The van der Waals surface area contributed by atoms with Gasteiger partial charge in [0.15, 0.2) is 5.25 Å². The molecule has 0 aliphatic carbocycles. The molecule has 1 atom stereocenters. The van der Waals surface area contributed by atoms with Crippen LogP contribution in [0.15, 0.2) is 24.3 Å². The third-order valence-corrected chi connectivity index (χ3v) is 2.79. The van der Waals surface area contributed by atoms with E-state index in [9.17, 15) is 17.6 Å². The van der Waals surface area contributed by atoms with Crippen LogP contribution in [0, 0.1) is 5.82 Å². The first-order valence-corrected chi connectivity index (χ1v) is 5.30. The number of carbonyl (C=O) groups is 1. The summed E-state index contributed by atoms with van der Waals surface area (Å²) in [7, 11) is -4.82. The number of hydrogen-bond acceptors (Lipinski definition) is 3. The average molecular weight is 232 g/mol. The summed E-state index contributed by atoms with van der Waals surface area (Å²) in [5.41, 5.74) is 6.15. The molecule has 2 N–H and O–H groups in total. The normalized spacial score (nSPS) is 13.5. The summed E-state index contributed by atoms with van der Waals surface area (Å²) in [4.78, 5) is 10.7. The zero-order valence-electron chi connectivity index (χ0n) is 7.34. The summed E-state index contributed by atoms with van der Waals surface area (Å²) in [6.45, 7) is 0. The summed E-state index contributed by atoms with van der Waals surface area (Å²) < 4.78 is 43.4. The second-order valence-electron chi connectivity index (χ2n) is 2.78. The van der Waals surface area contributed by atoms with Crippen LogP contribution in [0.4, 0.5) is 4.39 Å². The highest BCUT2D eigenvalue weighted by Crippen LogP contribution is 2.23. The number of benzene rings is 1. The number of hydrogen-bond donors (Lipinski definition) is 1. The van der Waals surface area contributed by atoms with E-state index in [1.807, 2.05) is 0 Å². The van der Waals surface area contributed by atoms with Crippen LogP contribution in [0.1, 0.15) is 10.8 Å². The Morgan fingerprint density at radius 3 is 2.33 bits per heavy atom. The molecule has 0 saturated carbocycles. The van der Waals surface area contributed by atoms with E-state index in [-0.39, 0.29) is 0 Å². The highest BCUT2D eigenvalue weighted by Gasteiger charge is 2.33. The third-order valence-electron chi connectivity index (χ3n) is 1.72. The topological polar surface area (TPSA) is 95.2 Å². The first-order valence-electron chi connectivity index (χ1n) is 3.80. The Balaban J connectivity index is 3.36. The molecule has 0 heterocycles. The fraction of sp³-hybridized carbons (Fsp3) is 0.125. The van der Waals surface area contributed by atoms with Crippen molar-refractivity contribution in [2.45, 2.75) is 5.25 Å². The van der Waals surface area contributed by atoms with Crippen molar-refractivity contribution in [2.75, 3.05) is 0 Å². The van der Waals surface area contributed by atoms with Gasteiger partial charge in [-0.2, -0.15) is 8.42 Å². The molecule has 0 spiro atoms. The number of halogens is 1. The predicted octanol–water partition coefficient (Wildman–Crippen LogP) is 0.564. The summed E-state index contributed by atoms with van der Waals surface area (Å²) in [6.07, 6.45) is 0. The molecule has 0 saturated heterocycles. The van der Waals surface area contributed by atoms with E-state index in [2.05, 4.69) is 0 Å². The lowest BCUT2D eigenvalue weighted by Crippen LogP contribution is -2.23. The van der Waals surface area contributed by atoms with Gasteiger partial charge in [0, 0.05) is 5.56 Å². The van der Waals surface area contributed by atoms with E-state index in [0.29, 0.717) is 0 Å². The third kappa shape index (κ3) is 2.51. The Labute approximate surface area is 85.5 Å². The smallest absolute Gasteiger partial charge is 0.281 e. The van der Waals surface area contributed by atoms with Crippen molar-refractivity contribution in [3.63, 3.8) is 0 Å². The average Bonchev–Trinajstić information content (AvgIpc) is 2.05. The van der Waals surface area contributed by atoms with Crippen molar-refractivity contribution >= 4 is 16.0 Å². The fourth-order valence-electron chi connectivity index (χ4n) is 1.12. The Bertz CT molecular complexity index is 485. The Kier molecular flexibility index (Phi) is 3.06. The van der Waals surface area contributed by atoms with E-state index in [1.165, 1.54) is 12.1 Å². The number of rotatable bonds is 3. The van der Waals surface area contributed by atoms with Crippen molar-refractivity contribution in [1.29, 1.82) is 0 Å². The second-order valence-corrected chi connectivity index (χ2v) is 4.28. The molecule has 0 aliphatic rings. The van der Waals surface area contributed by atoms with E-state index in [4.69, 9.17) is 10.3 Å². The van der Waals surface area contributed by atoms with E-state index >= 15 is 0 Å². The van der Waals surface area contributed by atoms with E-state index in [0.717, 1.165) is 12.1 Å². The monoisotopic (exact) mass is 232 g/mol. The van der Waals surface area contributed by atoms with Crippen molar-refractivity contribution < 1.29 is 22.2 Å². The summed E-state index contributed by atoms with van der Waals surface area (Å²) >= 11 is 0. The van der Waals surface area contributed by atoms with Crippen LogP contribution in [0.2, 0.25) is 0 Å². The molecule has 81 valence electrons. The first-order chi connectivity index (χ1) is 6.84. The van der Waals surface area contributed by atoms with Crippen LogP contribution in [0.25, 0.3) is 0 Å². The lowest BCUT2D eigenvalue weighted by Gasteiger charge is -2.10. The molecule has 1 amide bonds. The summed E-state index contributed by atoms with van der Waals surface area (Å²) in [6, 6.07) is 4.57. The zero-order valence-corrected chi connectivity index (χ0v) is 8.16. The highest BCUT2D eigenvalue weighted by molar-refractivity contribution is 7.86. The van der Waals surface area contributed by atoms with Gasteiger partial charge in [-0.3, -0.25) is 15.1 Å². The quantitative estimate of drug-likeness (QED) is 0.770. The van der Waals surface area contributed by atoms with Gasteiger partial charge in [-0.25, -0.2) is 4.39 Å². The zero-order chi connectivity index (χ0) is 11.6. The minimum atomic E-state index is -4.82. The van der Waals surface area contributed by atoms with E-state index < -0.39 is 32.7 Å². The maximum Gasteiger partial charge on any atom is 0.281 e. The van der Waals surface area contributed by atoms with Crippen molar-refractivity contribution in [2.24, 2.45) is 0 Å². The predicted molar refractivity (Wildman–Crippen MR) is 48.8 cm³/mol. The maximum absolute atomic E-state index is 13.1. The molecule has 1 unspecified atom stereocenters. The van der Waals surface area contributed by atoms with Crippen LogP contribution >= 0.6 is 0 Å². The van der Waals surface area contributed by atoms with Crippen molar-refractivity contribution in [1.82, 2.24) is 5.73 Å². The van der Waals surface area contributed by atoms with Gasteiger partial charge in [0.2, 0.25) is 0 Å². The maximum atomic E-state index is 13.1. The molecule has 0 bridgehead atoms. The Morgan fingerprint density at radius 2 is 1.93 bits per heavy atom. The molecule has 0 aliphatic heterocycles. The molecule has 15 heavy (non-hydrogen) atoms. The molecule has 5 nitrogen and oxygen atoms in total. The van der Waals surface area contributed by atoms with Crippen molar-refractivity contribution in [3.8, 4) is 0 Å². The highest BCUT2D eigenvalue weighted by atomic mass is 32.2. The Hall–Kier alpha value is -1.47. The SMILES string of the molecule is [NH]C(=O)C(c1ccccc1F)S(=O)(=O)O. The van der Waals surface area contributed by atoms with Crippen LogP contribution in [0.5, 0.6) is 0 Å². The van der Waals surface area contributed by atoms with Crippen LogP contribution in [0.3, 0.4) is 0 Å². The standard InChI is InChI=1S/C8H7FNO4S/c9-6-4-2-1-3-5(6)7(8(10)11)15(12,13)14/h1-4,7,10H,(H,12,13,14). The van der Waals surface area contributed by atoms with E-state index in [1.54, 1.807) is 0 Å². The summed E-state index contributed by atoms with van der Waals surface area (Å²) in [5, 5.41) is -2.18. The molecule has 1 radical (unpaired) electrons. The number of carbonyl (C=O) groups excluding carboxylic acids is 1. The van der Waals surface area contributed by atoms with Crippen molar-refractivity contribution in [3.05, 3.63) is 35.6 Å². The lowest BCUT2D eigenvalue weighted by atomic mass is 10.1. The molecule has 1 aromatic carbocycles. The van der Waals surface area contributed by atoms with Gasteiger partial charge in [0.1, 0.15) is 5.82 Å². The Morgan fingerprint density at radius 1 is 1.40 bits per heavy atom. The van der Waals surface area contributed by atoms with Crippen LogP contribution < -0.4 is 5.73 Å². The molecular formula is C8H7FNO4S. The minimum Gasteiger partial charge on any atom is -0.285 e. The molecule has 1 aromatic rings. The van der Waals surface area contributed by atoms with Gasteiger partial charge < -0.3 is 0 Å². The molecule has 7 heteroatoms. The van der Waals surface area contributed by atoms with Crippen LogP contribution in [-0.2, 0) is 14.9 Å².